The van der Waals surface area contributed by atoms with E-state index in [4.69, 9.17) is 14.0 Å². The van der Waals surface area contributed by atoms with E-state index < -0.39 is 0 Å². The van der Waals surface area contributed by atoms with Crippen LogP contribution in [-0.2, 0) is 4.79 Å². The molecule has 1 saturated heterocycles. The molecule has 136 valence electrons. The second-order valence-corrected chi connectivity index (χ2v) is 6.77. The summed E-state index contributed by atoms with van der Waals surface area (Å²) in [6.45, 7) is 2.78. The van der Waals surface area contributed by atoms with Gasteiger partial charge in [-0.2, -0.15) is 4.98 Å². The van der Waals surface area contributed by atoms with E-state index in [0.29, 0.717) is 36.2 Å². The lowest BCUT2D eigenvalue weighted by atomic mass is 10.1. The number of amides is 1. The number of carbonyl (C=O) groups is 1. The van der Waals surface area contributed by atoms with Crippen LogP contribution in [-0.4, -0.2) is 29.4 Å². The van der Waals surface area contributed by atoms with Crippen molar-refractivity contribution in [2.45, 2.75) is 19.3 Å². The number of aryl methyl sites for hydroxylation is 1. The quantitative estimate of drug-likeness (QED) is 0.711. The van der Waals surface area contributed by atoms with Crippen molar-refractivity contribution < 1.29 is 18.8 Å². The summed E-state index contributed by atoms with van der Waals surface area (Å²) in [4.78, 5) is 18.7. The van der Waals surface area contributed by atoms with Crippen LogP contribution in [0.3, 0.4) is 0 Å². The van der Waals surface area contributed by atoms with E-state index in [-0.39, 0.29) is 18.6 Å². The fourth-order valence-electron chi connectivity index (χ4n) is 3.40. The van der Waals surface area contributed by atoms with Crippen LogP contribution >= 0.6 is 0 Å². The highest BCUT2D eigenvalue weighted by atomic mass is 16.7. The van der Waals surface area contributed by atoms with Crippen molar-refractivity contribution >= 4 is 11.6 Å². The average molecular weight is 363 g/mol. The molecule has 1 amide bonds. The van der Waals surface area contributed by atoms with Gasteiger partial charge in [-0.3, -0.25) is 4.79 Å². The van der Waals surface area contributed by atoms with Gasteiger partial charge in [-0.15, -0.1) is 0 Å². The second kappa shape index (κ2) is 6.12. The summed E-state index contributed by atoms with van der Waals surface area (Å²) in [7, 11) is 0. The van der Waals surface area contributed by atoms with Crippen molar-refractivity contribution in [2.75, 3.05) is 18.2 Å². The number of rotatable bonds is 3. The molecule has 1 atom stereocenters. The van der Waals surface area contributed by atoms with Crippen LogP contribution in [0.1, 0.15) is 23.7 Å². The molecule has 1 aromatic heterocycles. The second-order valence-electron chi connectivity index (χ2n) is 6.77. The predicted molar refractivity (Wildman–Crippen MR) is 96.7 cm³/mol. The third-order valence-electron chi connectivity index (χ3n) is 4.90. The Morgan fingerprint density at radius 2 is 1.89 bits per heavy atom. The highest BCUT2D eigenvalue weighted by Crippen LogP contribution is 2.36. The zero-order valence-corrected chi connectivity index (χ0v) is 14.7. The molecule has 27 heavy (non-hydrogen) atoms. The van der Waals surface area contributed by atoms with Crippen molar-refractivity contribution in [1.29, 1.82) is 0 Å². The molecule has 1 fully saturated rings. The number of hydrogen-bond donors (Lipinski definition) is 0. The van der Waals surface area contributed by atoms with Gasteiger partial charge in [-0.05, 0) is 37.3 Å². The third kappa shape index (κ3) is 2.81. The summed E-state index contributed by atoms with van der Waals surface area (Å²) >= 11 is 0. The van der Waals surface area contributed by atoms with Gasteiger partial charge in [0.1, 0.15) is 0 Å². The largest absolute Gasteiger partial charge is 0.454 e. The van der Waals surface area contributed by atoms with Crippen molar-refractivity contribution in [3.8, 4) is 23.0 Å². The minimum Gasteiger partial charge on any atom is -0.454 e. The number of ether oxygens (including phenoxy) is 2. The monoisotopic (exact) mass is 363 g/mol. The fraction of sp³-hybridized carbons (Fsp3) is 0.250. The molecular formula is C20H17N3O4. The van der Waals surface area contributed by atoms with E-state index >= 15 is 0 Å². The van der Waals surface area contributed by atoms with Crippen LogP contribution in [0.15, 0.2) is 47.0 Å². The number of aromatic nitrogens is 2. The molecule has 0 unspecified atom stereocenters. The summed E-state index contributed by atoms with van der Waals surface area (Å²) in [6, 6.07) is 13.4. The van der Waals surface area contributed by atoms with Crippen molar-refractivity contribution in [2.24, 2.45) is 0 Å². The van der Waals surface area contributed by atoms with Gasteiger partial charge in [0.2, 0.25) is 12.7 Å². The first-order valence-electron chi connectivity index (χ1n) is 8.78. The Balaban J connectivity index is 1.37. The number of carbonyl (C=O) groups excluding carboxylic acids is 1. The molecule has 0 aliphatic carbocycles. The Morgan fingerprint density at radius 1 is 1.07 bits per heavy atom. The van der Waals surface area contributed by atoms with Crippen molar-refractivity contribution in [1.82, 2.24) is 10.1 Å². The third-order valence-corrected chi connectivity index (χ3v) is 4.90. The molecule has 2 aliphatic heterocycles. The van der Waals surface area contributed by atoms with Gasteiger partial charge in [0.05, 0.1) is 0 Å². The van der Waals surface area contributed by atoms with Gasteiger partial charge in [-0.1, -0.05) is 22.9 Å². The van der Waals surface area contributed by atoms with Crippen molar-refractivity contribution in [3.05, 3.63) is 53.9 Å². The van der Waals surface area contributed by atoms with Crippen LogP contribution in [0, 0.1) is 6.92 Å². The maximum Gasteiger partial charge on any atom is 0.258 e. The maximum absolute atomic E-state index is 12.5. The fourth-order valence-corrected chi connectivity index (χ4v) is 3.40. The molecule has 2 aliphatic rings. The highest BCUT2D eigenvalue weighted by molar-refractivity contribution is 5.96. The van der Waals surface area contributed by atoms with E-state index in [2.05, 4.69) is 10.1 Å². The van der Waals surface area contributed by atoms with Gasteiger partial charge in [0.25, 0.3) is 5.89 Å². The molecule has 0 radical (unpaired) electrons. The van der Waals surface area contributed by atoms with Crippen molar-refractivity contribution in [3.63, 3.8) is 0 Å². The normalized spacial score (nSPS) is 18.3. The van der Waals surface area contributed by atoms with E-state index in [1.54, 1.807) is 4.90 Å². The smallest absolute Gasteiger partial charge is 0.258 e. The van der Waals surface area contributed by atoms with Gasteiger partial charge >= 0.3 is 0 Å². The summed E-state index contributed by atoms with van der Waals surface area (Å²) in [6.07, 6.45) is 0.369. The molecule has 7 nitrogen and oxygen atoms in total. The molecule has 3 aromatic rings. The first kappa shape index (κ1) is 15.9. The Kier molecular flexibility index (Phi) is 3.60. The molecule has 0 N–H and O–H groups in total. The molecule has 7 heteroatoms. The summed E-state index contributed by atoms with van der Waals surface area (Å²) < 4.78 is 16.1. The zero-order chi connectivity index (χ0) is 18.4. The highest BCUT2D eigenvalue weighted by Gasteiger charge is 2.34. The first-order chi connectivity index (χ1) is 13.2. The average Bonchev–Trinajstić information content (AvgIpc) is 3.41. The minimum atomic E-state index is -0.0923. The molecule has 0 saturated carbocycles. The lowest BCUT2D eigenvalue weighted by Crippen LogP contribution is -2.24. The molecular weight excluding hydrogens is 346 g/mol. The van der Waals surface area contributed by atoms with Crippen LogP contribution in [0.2, 0.25) is 0 Å². The van der Waals surface area contributed by atoms with Crippen LogP contribution < -0.4 is 14.4 Å². The van der Waals surface area contributed by atoms with Gasteiger partial charge in [0, 0.05) is 30.1 Å². The number of hydrogen-bond acceptors (Lipinski definition) is 6. The lowest BCUT2D eigenvalue weighted by molar-refractivity contribution is -0.117. The number of fused-ring (bicyclic) bond motifs is 1. The summed E-state index contributed by atoms with van der Waals surface area (Å²) in [5.74, 6) is 2.29. The maximum atomic E-state index is 12.5. The zero-order valence-electron chi connectivity index (χ0n) is 14.7. The van der Waals surface area contributed by atoms with Crippen LogP contribution in [0.5, 0.6) is 11.5 Å². The first-order valence-corrected chi connectivity index (χ1v) is 8.78. The Hall–Kier alpha value is -3.35. The number of anilines is 1. The topological polar surface area (TPSA) is 77.7 Å². The van der Waals surface area contributed by atoms with E-state index in [1.807, 2.05) is 49.4 Å². The SMILES string of the molecule is Cc1ccc(N2C[C@H](c3noc(-c4ccc5c(c4)OCO5)n3)CC2=O)cc1. The van der Waals surface area contributed by atoms with E-state index in [0.717, 1.165) is 16.8 Å². The Labute approximate surface area is 155 Å². The van der Waals surface area contributed by atoms with Gasteiger partial charge in [0.15, 0.2) is 17.3 Å². The molecule has 5 rings (SSSR count). The predicted octanol–water partition coefficient (Wildman–Crippen LogP) is 3.29. The molecule has 3 heterocycles. The molecule has 2 aromatic carbocycles. The standard InChI is InChI=1S/C20H17N3O4/c1-12-2-5-15(6-3-12)23-10-14(9-18(23)24)19-21-20(27-22-19)13-4-7-16-17(8-13)26-11-25-16/h2-8,14H,9-11H2,1H3/t14-/m1/s1. The van der Waals surface area contributed by atoms with Gasteiger partial charge < -0.3 is 18.9 Å². The Bertz CT molecular complexity index is 1010. The minimum absolute atomic E-state index is 0.0679. The van der Waals surface area contributed by atoms with E-state index in [1.165, 1.54) is 0 Å². The number of nitrogens with zero attached hydrogens (tertiary/aromatic N) is 3. The molecule has 0 bridgehead atoms. The van der Waals surface area contributed by atoms with Gasteiger partial charge in [-0.25, -0.2) is 0 Å². The summed E-state index contributed by atoms with van der Waals surface area (Å²) in [5.41, 5.74) is 2.82. The van der Waals surface area contributed by atoms with Crippen LogP contribution in [0.4, 0.5) is 5.69 Å². The van der Waals surface area contributed by atoms with E-state index in [9.17, 15) is 4.79 Å². The summed E-state index contributed by atoms with van der Waals surface area (Å²) in [5, 5.41) is 4.11. The van der Waals surface area contributed by atoms with Crippen LogP contribution in [0.25, 0.3) is 11.5 Å². The molecule has 0 spiro atoms. The number of benzene rings is 2. The Morgan fingerprint density at radius 3 is 2.74 bits per heavy atom. The lowest BCUT2D eigenvalue weighted by Gasteiger charge is -2.16.